The van der Waals surface area contributed by atoms with Gasteiger partial charge in [0.25, 0.3) is 0 Å². The molecule has 2 heteroatoms. The second kappa shape index (κ2) is 7.31. The summed E-state index contributed by atoms with van der Waals surface area (Å²) in [4.78, 5) is 0. The van der Waals surface area contributed by atoms with E-state index in [-0.39, 0.29) is 0 Å². The number of hydrogen-bond acceptors (Lipinski definition) is 2. The van der Waals surface area contributed by atoms with Crippen molar-refractivity contribution in [3.8, 4) is 5.75 Å². The minimum Gasteiger partial charge on any atom is -0.493 e. The number of aryl methyl sites for hydroxylation is 1. The van der Waals surface area contributed by atoms with Crippen LogP contribution < -0.4 is 10.1 Å². The molecule has 1 saturated carbocycles. The van der Waals surface area contributed by atoms with E-state index in [4.69, 9.17) is 4.74 Å². The SMILES string of the molecule is CNC(CCc1ccc2c(c1)CCO2)CCC1CCCC1. The van der Waals surface area contributed by atoms with Crippen LogP contribution in [-0.4, -0.2) is 19.7 Å². The van der Waals surface area contributed by atoms with Crippen LogP contribution >= 0.6 is 0 Å². The maximum atomic E-state index is 5.58. The molecule has 1 atom stereocenters. The molecule has 1 fully saturated rings. The standard InChI is InChI=1S/C19H29NO/c1-20-18(9-6-15-4-2-3-5-15)10-7-16-8-11-19-17(14-16)12-13-21-19/h8,11,14-15,18,20H,2-7,9-10,12-13H2,1H3. The van der Waals surface area contributed by atoms with E-state index in [1.807, 2.05) is 0 Å². The van der Waals surface area contributed by atoms with Crippen molar-refractivity contribution in [2.75, 3.05) is 13.7 Å². The lowest BCUT2D eigenvalue weighted by atomic mass is 9.95. The Labute approximate surface area is 129 Å². The van der Waals surface area contributed by atoms with Crippen molar-refractivity contribution < 1.29 is 4.74 Å². The first-order chi connectivity index (χ1) is 10.3. The molecule has 1 unspecified atom stereocenters. The molecule has 1 N–H and O–H groups in total. The van der Waals surface area contributed by atoms with E-state index in [9.17, 15) is 0 Å². The third kappa shape index (κ3) is 4.00. The van der Waals surface area contributed by atoms with E-state index >= 15 is 0 Å². The number of ether oxygens (including phenoxy) is 1. The van der Waals surface area contributed by atoms with E-state index in [1.165, 1.54) is 62.5 Å². The minimum atomic E-state index is 0.676. The summed E-state index contributed by atoms with van der Waals surface area (Å²) >= 11 is 0. The fraction of sp³-hybridized carbons (Fsp3) is 0.684. The Bertz CT molecular complexity index is 451. The zero-order valence-electron chi connectivity index (χ0n) is 13.4. The van der Waals surface area contributed by atoms with Crippen molar-refractivity contribution >= 4 is 0 Å². The van der Waals surface area contributed by atoms with Crippen LogP contribution in [0.4, 0.5) is 0 Å². The average molecular weight is 287 g/mol. The molecule has 1 aromatic rings. The molecule has 3 rings (SSSR count). The van der Waals surface area contributed by atoms with Crippen molar-refractivity contribution in [3.63, 3.8) is 0 Å². The molecule has 0 saturated heterocycles. The Morgan fingerprint density at radius 1 is 1.24 bits per heavy atom. The molecule has 0 bridgehead atoms. The van der Waals surface area contributed by atoms with Gasteiger partial charge in [0.2, 0.25) is 0 Å². The molecule has 21 heavy (non-hydrogen) atoms. The molecule has 116 valence electrons. The molecule has 1 aliphatic heterocycles. The third-order valence-corrected chi connectivity index (χ3v) is 5.34. The van der Waals surface area contributed by atoms with Crippen LogP contribution in [0.25, 0.3) is 0 Å². The van der Waals surface area contributed by atoms with Crippen LogP contribution in [-0.2, 0) is 12.8 Å². The second-order valence-electron chi connectivity index (χ2n) is 6.79. The summed E-state index contributed by atoms with van der Waals surface area (Å²) in [6.45, 7) is 0.860. The topological polar surface area (TPSA) is 21.3 Å². The van der Waals surface area contributed by atoms with Crippen molar-refractivity contribution in [1.29, 1.82) is 0 Å². The van der Waals surface area contributed by atoms with Gasteiger partial charge in [-0.2, -0.15) is 0 Å². The molecule has 0 radical (unpaired) electrons. The quantitative estimate of drug-likeness (QED) is 0.815. The summed E-state index contributed by atoms with van der Waals surface area (Å²) < 4.78 is 5.58. The highest BCUT2D eigenvalue weighted by atomic mass is 16.5. The lowest BCUT2D eigenvalue weighted by molar-refractivity contribution is 0.357. The van der Waals surface area contributed by atoms with Crippen LogP contribution in [0.3, 0.4) is 0 Å². The first kappa shape index (κ1) is 14.9. The monoisotopic (exact) mass is 287 g/mol. The Morgan fingerprint density at radius 3 is 2.90 bits per heavy atom. The van der Waals surface area contributed by atoms with Crippen LogP contribution in [0.2, 0.25) is 0 Å². The van der Waals surface area contributed by atoms with Gasteiger partial charge < -0.3 is 10.1 Å². The number of fused-ring (bicyclic) bond motifs is 1. The first-order valence-corrected chi connectivity index (χ1v) is 8.77. The molecule has 2 nitrogen and oxygen atoms in total. The van der Waals surface area contributed by atoms with Gasteiger partial charge in [0, 0.05) is 12.5 Å². The van der Waals surface area contributed by atoms with Gasteiger partial charge in [-0.1, -0.05) is 37.8 Å². The van der Waals surface area contributed by atoms with Crippen LogP contribution in [0, 0.1) is 5.92 Å². The maximum absolute atomic E-state index is 5.58. The van der Waals surface area contributed by atoms with E-state index in [0.717, 1.165) is 24.7 Å². The third-order valence-electron chi connectivity index (χ3n) is 5.34. The molecule has 0 amide bonds. The van der Waals surface area contributed by atoms with E-state index in [2.05, 4.69) is 30.6 Å². The summed E-state index contributed by atoms with van der Waals surface area (Å²) in [6, 6.07) is 7.43. The normalized spacial score (nSPS) is 19.5. The fourth-order valence-corrected chi connectivity index (χ4v) is 3.91. The van der Waals surface area contributed by atoms with Gasteiger partial charge in [-0.3, -0.25) is 0 Å². The van der Waals surface area contributed by atoms with Crippen molar-refractivity contribution in [2.45, 2.75) is 63.8 Å². The van der Waals surface area contributed by atoms with Crippen molar-refractivity contribution in [2.24, 2.45) is 5.92 Å². The molecular formula is C19H29NO. The zero-order valence-corrected chi connectivity index (χ0v) is 13.4. The largest absolute Gasteiger partial charge is 0.493 e. The highest BCUT2D eigenvalue weighted by Crippen LogP contribution is 2.30. The number of hydrogen-bond donors (Lipinski definition) is 1. The number of nitrogens with one attached hydrogen (secondary N) is 1. The Hall–Kier alpha value is -1.02. The van der Waals surface area contributed by atoms with Gasteiger partial charge in [0.1, 0.15) is 5.75 Å². The summed E-state index contributed by atoms with van der Waals surface area (Å²) in [5.41, 5.74) is 2.87. The second-order valence-corrected chi connectivity index (χ2v) is 6.79. The summed E-state index contributed by atoms with van der Waals surface area (Å²) in [5.74, 6) is 2.11. The summed E-state index contributed by atoms with van der Waals surface area (Å²) in [6.07, 6.45) is 12.2. The molecule has 0 aromatic heterocycles. The zero-order chi connectivity index (χ0) is 14.5. The van der Waals surface area contributed by atoms with E-state index in [1.54, 1.807) is 0 Å². The predicted octanol–water partition coefficient (Wildman–Crippen LogP) is 4.11. The molecule has 0 spiro atoms. The Morgan fingerprint density at radius 2 is 2.10 bits per heavy atom. The van der Waals surface area contributed by atoms with Gasteiger partial charge in [-0.05, 0) is 55.8 Å². The number of benzene rings is 1. The Kier molecular flexibility index (Phi) is 5.18. The van der Waals surface area contributed by atoms with Crippen LogP contribution in [0.5, 0.6) is 5.75 Å². The van der Waals surface area contributed by atoms with Crippen LogP contribution in [0.1, 0.15) is 56.1 Å². The highest BCUT2D eigenvalue weighted by Gasteiger charge is 2.17. The van der Waals surface area contributed by atoms with Gasteiger partial charge in [-0.25, -0.2) is 0 Å². The van der Waals surface area contributed by atoms with Crippen molar-refractivity contribution in [3.05, 3.63) is 29.3 Å². The van der Waals surface area contributed by atoms with Crippen molar-refractivity contribution in [1.82, 2.24) is 5.32 Å². The molecule has 2 aliphatic rings. The maximum Gasteiger partial charge on any atom is 0.122 e. The fourth-order valence-electron chi connectivity index (χ4n) is 3.91. The lowest BCUT2D eigenvalue weighted by Gasteiger charge is -2.18. The molecule has 1 aromatic carbocycles. The molecule has 1 aliphatic carbocycles. The predicted molar refractivity (Wildman–Crippen MR) is 88.0 cm³/mol. The van der Waals surface area contributed by atoms with Gasteiger partial charge >= 0.3 is 0 Å². The smallest absolute Gasteiger partial charge is 0.122 e. The molecular weight excluding hydrogens is 258 g/mol. The number of rotatable bonds is 7. The summed E-state index contributed by atoms with van der Waals surface area (Å²) in [5, 5.41) is 3.52. The van der Waals surface area contributed by atoms with Gasteiger partial charge in [0.15, 0.2) is 0 Å². The first-order valence-electron chi connectivity index (χ1n) is 8.77. The lowest BCUT2D eigenvalue weighted by Crippen LogP contribution is -2.26. The van der Waals surface area contributed by atoms with Crippen LogP contribution in [0.15, 0.2) is 18.2 Å². The average Bonchev–Trinajstić information content (AvgIpc) is 3.18. The van der Waals surface area contributed by atoms with Gasteiger partial charge in [-0.15, -0.1) is 0 Å². The highest BCUT2D eigenvalue weighted by molar-refractivity contribution is 5.39. The van der Waals surface area contributed by atoms with Gasteiger partial charge in [0.05, 0.1) is 6.61 Å². The minimum absolute atomic E-state index is 0.676. The Balaban J connectivity index is 1.45. The van der Waals surface area contributed by atoms with E-state index < -0.39 is 0 Å². The van der Waals surface area contributed by atoms with E-state index in [0.29, 0.717) is 6.04 Å². The molecule has 1 heterocycles. The summed E-state index contributed by atoms with van der Waals surface area (Å²) in [7, 11) is 2.12.